The van der Waals surface area contributed by atoms with E-state index in [1.165, 1.54) is 9.66 Å². The van der Waals surface area contributed by atoms with Crippen LogP contribution in [0.1, 0.15) is 0 Å². The average molecular weight is 214 g/mol. The van der Waals surface area contributed by atoms with Crippen molar-refractivity contribution in [2.45, 2.75) is 13.1 Å². The fourth-order valence-corrected chi connectivity index (χ4v) is 2.28. The zero-order valence-electron chi connectivity index (χ0n) is 6.19. The van der Waals surface area contributed by atoms with Gasteiger partial charge in [-0.25, -0.2) is 0 Å². The van der Waals surface area contributed by atoms with Crippen LogP contribution in [0.5, 0.6) is 0 Å². The number of rotatable bonds is 1. The van der Waals surface area contributed by atoms with Crippen LogP contribution in [0.15, 0.2) is 28.7 Å². The summed E-state index contributed by atoms with van der Waals surface area (Å²) in [6.07, 6.45) is 0. The van der Waals surface area contributed by atoms with E-state index in [1.54, 1.807) is 0 Å². The lowest BCUT2D eigenvalue weighted by Gasteiger charge is -2.01. The lowest BCUT2D eigenvalue weighted by molar-refractivity contribution is 1.68. The minimum Gasteiger partial charge on any atom is -0.0671 e. The van der Waals surface area contributed by atoms with Crippen molar-refractivity contribution in [3.63, 3.8) is 0 Å². The molecule has 0 bridgehead atoms. The smallest absolute Gasteiger partial charge is 0.0671 e. The molecule has 1 aromatic carbocycles. The normalized spacial score (nSPS) is 10.4. The molecule has 0 saturated heterocycles. The van der Waals surface area contributed by atoms with Crippen LogP contribution in [-0.4, -0.2) is 8.80 Å². The molecule has 1 rings (SSSR count). The molecule has 0 N–H and O–H groups in total. The topological polar surface area (TPSA) is 0 Å². The van der Waals surface area contributed by atoms with E-state index in [-0.39, 0.29) is 8.80 Å². The SMILES string of the molecule is C[Si](C)c1cccc(Br)c1. The largest absolute Gasteiger partial charge is 0.0792 e. The summed E-state index contributed by atoms with van der Waals surface area (Å²) in [4.78, 5) is 0. The molecule has 0 spiro atoms. The molecule has 0 amide bonds. The first-order chi connectivity index (χ1) is 4.70. The summed E-state index contributed by atoms with van der Waals surface area (Å²) in [5, 5.41) is 1.49. The first-order valence-corrected chi connectivity index (χ1v) is 6.55. The van der Waals surface area contributed by atoms with Gasteiger partial charge in [-0.05, 0) is 12.1 Å². The molecule has 0 aliphatic carbocycles. The molecular weight excluding hydrogens is 204 g/mol. The standard InChI is InChI=1S/C8H10BrSi/c1-10(2)8-5-3-4-7(9)6-8/h3-6H,1-2H3. The van der Waals surface area contributed by atoms with Crippen LogP contribution in [0.4, 0.5) is 0 Å². The molecule has 0 nitrogen and oxygen atoms in total. The number of halogens is 1. The lowest BCUT2D eigenvalue weighted by atomic mass is 10.4. The maximum absolute atomic E-state index is 3.45. The summed E-state index contributed by atoms with van der Waals surface area (Å²) in [5.74, 6) is 0. The third kappa shape index (κ3) is 1.96. The Labute approximate surface area is 72.0 Å². The minimum atomic E-state index is -0.264. The van der Waals surface area contributed by atoms with E-state index in [0.717, 1.165) is 0 Å². The van der Waals surface area contributed by atoms with Gasteiger partial charge in [0.05, 0.1) is 8.80 Å². The molecule has 0 unspecified atom stereocenters. The van der Waals surface area contributed by atoms with E-state index in [1.807, 2.05) is 0 Å². The second-order valence-electron chi connectivity index (χ2n) is 2.51. The Bertz CT molecular complexity index is 220. The third-order valence-electron chi connectivity index (χ3n) is 1.40. The van der Waals surface area contributed by atoms with Gasteiger partial charge in [0.25, 0.3) is 0 Å². The Morgan fingerprint density at radius 1 is 1.30 bits per heavy atom. The second kappa shape index (κ2) is 3.35. The summed E-state index contributed by atoms with van der Waals surface area (Å²) in [5.41, 5.74) is 0. The summed E-state index contributed by atoms with van der Waals surface area (Å²) in [6, 6.07) is 8.55. The lowest BCUT2D eigenvalue weighted by Crippen LogP contribution is -2.21. The zero-order chi connectivity index (χ0) is 7.56. The summed E-state index contributed by atoms with van der Waals surface area (Å²) >= 11 is 3.45. The predicted octanol–water partition coefficient (Wildman–Crippen LogP) is 2.41. The Morgan fingerprint density at radius 2 is 2.00 bits per heavy atom. The minimum absolute atomic E-state index is 0.264. The van der Waals surface area contributed by atoms with Gasteiger partial charge in [-0.3, -0.25) is 0 Å². The van der Waals surface area contributed by atoms with Gasteiger partial charge in [-0.1, -0.05) is 46.3 Å². The Balaban J connectivity index is 2.96. The van der Waals surface area contributed by atoms with E-state index in [9.17, 15) is 0 Å². The van der Waals surface area contributed by atoms with Crippen LogP contribution < -0.4 is 5.19 Å². The van der Waals surface area contributed by atoms with Crippen LogP contribution in [0.3, 0.4) is 0 Å². The van der Waals surface area contributed by atoms with Crippen LogP contribution in [0.25, 0.3) is 0 Å². The molecule has 0 heterocycles. The Morgan fingerprint density at radius 3 is 2.40 bits per heavy atom. The van der Waals surface area contributed by atoms with Crippen molar-refractivity contribution < 1.29 is 0 Å². The van der Waals surface area contributed by atoms with E-state index in [0.29, 0.717) is 0 Å². The van der Waals surface area contributed by atoms with E-state index in [4.69, 9.17) is 0 Å². The zero-order valence-corrected chi connectivity index (χ0v) is 8.77. The highest BCUT2D eigenvalue weighted by atomic mass is 79.9. The van der Waals surface area contributed by atoms with Gasteiger partial charge in [0, 0.05) is 4.47 Å². The highest BCUT2D eigenvalue weighted by molar-refractivity contribution is 9.10. The Hall–Kier alpha value is -0.0831. The van der Waals surface area contributed by atoms with E-state index < -0.39 is 0 Å². The monoisotopic (exact) mass is 213 g/mol. The first-order valence-electron chi connectivity index (χ1n) is 3.26. The second-order valence-corrected chi connectivity index (χ2v) is 6.00. The molecule has 53 valence electrons. The van der Waals surface area contributed by atoms with E-state index >= 15 is 0 Å². The number of hydrogen-bond donors (Lipinski definition) is 0. The fraction of sp³-hybridized carbons (Fsp3) is 0.250. The summed E-state index contributed by atoms with van der Waals surface area (Å²) in [6.45, 7) is 4.60. The molecule has 0 aromatic heterocycles. The first kappa shape index (κ1) is 8.02. The van der Waals surface area contributed by atoms with Crippen molar-refractivity contribution in [2.75, 3.05) is 0 Å². The van der Waals surface area contributed by atoms with Crippen molar-refractivity contribution in [3.8, 4) is 0 Å². The molecule has 10 heavy (non-hydrogen) atoms. The summed E-state index contributed by atoms with van der Waals surface area (Å²) < 4.78 is 1.19. The fourth-order valence-electron chi connectivity index (χ4n) is 0.799. The Kier molecular flexibility index (Phi) is 2.69. The molecule has 2 heteroatoms. The van der Waals surface area contributed by atoms with Gasteiger partial charge in [0.1, 0.15) is 0 Å². The molecular formula is C8H10BrSi. The maximum Gasteiger partial charge on any atom is 0.0792 e. The molecule has 0 aliphatic rings. The molecule has 0 fully saturated rings. The average Bonchev–Trinajstić information content (AvgIpc) is 1.88. The summed E-state index contributed by atoms with van der Waals surface area (Å²) in [7, 11) is -0.264. The van der Waals surface area contributed by atoms with Gasteiger partial charge in [-0.15, -0.1) is 0 Å². The molecule has 0 saturated carbocycles. The quantitative estimate of drug-likeness (QED) is 0.630. The van der Waals surface area contributed by atoms with Gasteiger partial charge in [-0.2, -0.15) is 0 Å². The van der Waals surface area contributed by atoms with Crippen LogP contribution >= 0.6 is 15.9 Å². The van der Waals surface area contributed by atoms with Gasteiger partial charge >= 0.3 is 0 Å². The van der Waals surface area contributed by atoms with Crippen LogP contribution in [0, 0.1) is 0 Å². The van der Waals surface area contributed by atoms with Crippen molar-refractivity contribution in [1.29, 1.82) is 0 Å². The highest BCUT2D eigenvalue weighted by Gasteiger charge is 1.98. The maximum atomic E-state index is 3.45. The molecule has 1 radical (unpaired) electrons. The highest BCUT2D eigenvalue weighted by Crippen LogP contribution is 2.05. The van der Waals surface area contributed by atoms with Gasteiger partial charge in [0.2, 0.25) is 0 Å². The number of hydrogen-bond acceptors (Lipinski definition) is 0. The molecule has 1 aromatic rings. The van der Waals surface area contributed by atoms with E-state index in [2.05, 4.69) is 53.3 Å². The van der Waals surface area contributed by atoms with Crippen LogP contribution in [0.2, 0.25) is 13.1 Å². The number of benzene rings is 1. The van der Waals surface area contributed by atoms with Crippen molar-refractivity contribution in [2.24, 2.45) is 0 Å². The van der Waals surface area contributed by atoms with Gasteiger partial charge < -0.3 is 0 Å². The van der Waals surface area contributed by atoms with Crippen molar-refractivity contribution in [1.82, 2.24) is 0 Å². The predicted molar refractivity (Wildman–Crippen MR) is 51.3 cm³/mol. The van der Waals surface area contributed by atoms with Crippen molar-refractivity contribution >= 4 is 29.9 Å². The van der Waals surface area contributed by atoms with Crippen molar-refractivity contribution in [3.05, 3.63) is 28.7 Å². The molecule has 0 aliphatic heterocycles. The molecule has 0 atom stereocenters. The van der Waals surface area contributed by atoms with Crippen LogP contribution in [-0.2, 0) is 0 Å². The van der Waals surface area contributed by atoms with Gasteiger partial charge in [0.15, 0.2) is 0 Å². The third-order valence-corrected chi connectivity index (χ3v) is 3.36.